The van der Waals surface area contributed by atoms with Gasteiger partial charge in [0.05, 0.1) is 11.8 Å². The first-order valence-electron chi connectivity index (χ1n) is 9.53. The Kier molecular flexibility index (Phi) is 4.31. The number of hydrogen-bond acceptors (Lipinski definition) is 5. The number of anilines is 1. The molecule has 3 heterocycles. The Hall–Kier alpha value is -3.69. The van der Waals surface area contributed by atoms with E-state index in [1.807, 2.05) is 6.07 Å². The summed E-state index contributed by atoms with van der Waals surface area (Å²) in [7, 11) is 0. The molecular weight excluding hydrogens is 415 g/mol. The van der Waals surface area contributed by atoms with E-state index in [2.05, 4.69) is 20.3 Å². The minimum atomic E-state index is -4.81. The zero-order valence-electron chi connectivity index (χ0n) is 15.9. The average molecular weight is 431 g/mol. The summed E-state index contributed by atoms with van der Waals surface area (Å²) in [4.78, 5) is 25.7. The normalized spacial score (nSPS) is 20.8. The number of alkyl halides is 3. The third-order valence-corrected chi connectivity index (χ3v) is 5.57. The third-order valence-electron chi connectivity index (χ3n) is 5.57. The molecule has 2 atom stereocenters. The number of rotatable bonds is 3. The zero-order chi connectivity index (χ0) is 21.8. The predicted octanol–water partition coefficient (Wildman–Crippen LogP) is 4.15. The van der Waals surface area contributed by atoms with E-state index < -0.39 is 17.8 Å². The zero-order valence-corrected chi connectivity index (χ0v) is 15.9. The molecule has 10 heteroatoms. The highest BCUT2D eigenvalue weighted by atomic mass is 19.4. The number of aromatic amines is 2. The molecule has 0 unspecified atom stereocenters. The molecule has 0 fully saturated rings. The number of H-pyrrole nitrogens is 2. The summed E-state index contributed by atoms with van der Waals surface area (Å²) in [6, 6.07) is 8.78. The number of benzene rings is 1. The maximum absolute atomic E-state index is 13.2. The number of hydrogen-bond donors (Lipinski definition) is 3. The van der Waals surface area contributed by atoms with Crippen LogP contribution in [0.25, 0.3) is 0 Å². The van der Waals surface area contributed by atoms with E-state index in [1.165, 1.54) is 24.3 Å². The molecular formula is C21H16F3N3O4. The van der Waals surface area contributed by atoms with Crippen LogP contribution < -0.4 is 15.6 Å². The van der Waals surface area contributed by atoms with E-state index in [-0.39, 0.29) is 23.9 Å². The minimum Gasteiger partial charge on any atom is -0.469 e. The van der Waals surface area contributed by atoms with Crippen LogP contribution in [0, 0.1) is 0 Å². The summed E-state index contributed by atoms with van der Waals surface area (Å²) < 4.78 is 46.9. The molecule has 3 aromatic rings. The Balaban J connectivity index is 1.57. The second-order valence-corrected chi connectivity index (χ2v) is 7.48. The fourth-order valence-electron chi connectivity index (χ4n) is 4.34. The summed E-state index contributed by atoms with van der Waals surface area (Å²) in [6.07, 6.45) is -2.56. The van der Waals surface area contributed by atoms with Gasteiger partial charge in [0, 0.05) is 29.5 Å². The van der Waals surface area contributed by atoms with Gasteiger partial charge in [0.25, 0.3) is 5.56 Å². The number of allylic oxidation sites excluding steroid dienone is 2. The topological polar surface area (TPSA) is 100 Å². The number of ketones is 1. The molecule has 0 bridgehead atoms. The Morgan fingerprint density at radius 3 is 2.48 bits per heavy atom. The van der Waals surface area contributed by atoms with E-state index in [9.17, 15) is 22.8 Å². The standard InChI is InChI=1S/C21H16F3N3O4/c22-21(23,24)31-12-5-3-10(4-6-12)16-17-13(25-19-18(16)20(29)27-26-19)8-11(9-14(17)28)15-2-1-7-30-15/h1-7,11,16H,8-9H2,(H3,25,26,27,29)/t11-,16+/m0/s1. The molecule has 160 valence electrons. The highest BCUT2D eigenvalue weighted by Crippen LogP contribution is 2.46. The van der Waals surface area contributed by atoms with E-state index in [4.69, 9.17) is 4.42 Å². The number of fused-ring (bicyclic) bond motifs is 1. The number of halogens is 3. The highest BCUT2D eigenvalue weighted by Gasteiger charge is 2.41. The molecule has 0 amide bonds. The molecule has 1 aliphatic carbocycles. The van der Waals surface area contributed by atoms with Gasteiger partial charge in [-0.3, -0.25) is 19.8 Å². The van der Waals surface area contributed by atoms with Gasteiger partial charge < -0.3 is 14.5 Å². The van der Waals surface area contributed by atoms with E-state index >= 15 is 0 Å². The second kappa shape index (κ2) is 6.93. The maximum Gasteiger partial charge on any atom is 0.573 e. The number of furan rings is 1. The number of nitrogens with one attached hydrogen (secondary N) is 3. The molecule has 5 rings (SSSR count). The van der Waals surface area contributed by atoms with Gasteiger partial charge >= 0.3 is 6.36 Å². The molecule has 1 aromatic carbocycles. The van der Waals surface area contributed by atoms with Gasteiger partial charge in [-0.25, -0.2) is 0 Å². The van der Waals surface area contributed by atoms with Crippen molar-refractivity contribution in [1.29, 1.82) is 0 Å². The van der Waals surface area contributed by atoms with Crippen molar-refractivity contribution < 1.29 is 27.1 Å². The summed E-state index contributed by atoms with van der Waals surface area (Å²) in [6.45, 7) is 0. The fourth-order valence-corrected chi connectivity index (χ4v) is 4.34. The molecule has 0 saturated heterocycles. The van der Waals surface area contributed by atoms with E-state index in [1.54, 1.807) is 12.3 Å². The van der Waals surface area contributed by atoms with Crippen molar-refractivity contribution in [2.75, 3.05) is 5.32 Å². The van der Waals surface area contributed by atoms with Crippen LogP contribution in [0.4, 0.5) is 19.0 Å². The predicted molar refractivity (Wildman–Crippen MR) is 103 cm³/mol. The molecule has 0 radical (unpaired) electrons. The van der Waals surface area contributed by atoms with Gasteiger partial charge in [-0.2, -0.15) is 0 Å². The molecule has 2 aliphatic rings. The first-order chi connectivity index (χ1) is 14.8. The van der Waals surface area contributed by atoms with Gasteiger partial charge in [-0.1, -0.05) is 12.1 Å². The fraction of sp³-hybridized carbons (Fsp3) is 0.238. The van der Waals surface area contributed by atoms with Crippen molar-refractivity contribution in [3.05, 3.63) is 81.2 Å². The Morgan fingerprint density at radius 1 is 1.03 bits per heavy atom. The largest absolute Gasteiger partial charge is 0.573 e. The summed E-state index contributed by atoms with van der Waals surface area (Å²) >= 11 is 0. The maximum atomic E-state index is 13.2. The number of carbonyl (C=O) groups is 1. The molecule has 3 N–H and O–H groups in total. The van der Waals surface area contributed by atoms with Crippen LogP contribution in [0.2, 0.25) is 0 Å². The van der Waals surface area contributed by atoms with E-state index in [0.717, 1.165) is 0 Å². The average Bonchev–Trinajstić information content (AvgIpc) is 3.36. The molecule has 0 saturated carbocycles. The van der Waals surface area contributed by atoms with E-state index in [0.29, 0.717) is 40.4 Å². The molecule has 2 aromatic heterocycles. The highest BCUT2D eigenvalue weighted by molar-refractivity contribution is 6.01. The number of carbonyl (C=O) groups excluding carboxylic acids is 1. The van der Waals surface area contributed by atoms with Crippen LogP contribution >= 0.6 is 0 Å². The Labute approximate surface area is 172 Å². The molecule has 7 nitrogen and oxygen atoms in total. The monoisotopic (exact) mass is 431 g/mol. The van der Waals surface area contributed by atoms with Gasteiger partial charge in [0.2, 0.25) is 0 Å². The van der Waals surface area contributed by atoms with Crippen LogP contribution in [0.1, 0.15) is 41.6 Å². The van der Waals surface area contributed by atoms with Crippen molar-refractivity contribution in [2.45, 2.75) is 31.0 Å². The lowest BCUT2D eigenvalue weighted by Crippen LogP contribution is -2.31. The molecule has 31 heavy (non-hydrogen) atoms. The van der Waals surface area contributed by atoms with Crippen LogP contribution in [0.15, 0.2) is 63.1 Å². The van der Waals surface area contributed by atoms with Gasteiger partial charge in [-0.15, -0.1) is 13.2 Å². The summed E-state index contributed by atoms with van der Waals surface area (Å²) in [5.41, 5.74) is 1.51. The van der Waals surface area contributed by atoms with Crippen LogP contribution in [-0.2, 0) is 4.79 Å². The van der Waals surface area contributed by atoms with Gasteiger partial charge in [-0.05, 0) is 36.2 Å². The number of aromatic nitrogens is 2. The Bertz CT molecular complexity index is 1220. The van der Waals surface area contributed by atoms with Crippen molar-refractivity contribution in [1.82, 2.24) is 10.2 Å². The van der Waals surface area contributed by atoms with Crippen LogP contribution in [-0.4, -0.2) is 22.3 Å². The smallest absolute Gasteiger partial charge is 0.469 e. The van der Waals surface area contributed by atoms with Gasteiger partial charge in [0.1, 0.15) is 17.3 Å². The lowest BCUT2D eigenvalue weighted by Gasteiger charge is -2.34. The van der Waals surface area contributed by atoms with Crippen LogP contribution in [0.5, 0.6) is 5.75 Å². The first kappa shape index (κ1) is 19.3. The lowest BCUT2D eigenvalue weighted by atomic mass is 9.73. The lowest BCUT2D eigenvalue weighted by molar-refractivity contribution is -0.274. The molecule has 0 spiro atoms. The Morgan fingerprint density at radius 2 is 1.81 bits per heavy atom. The number of Topliss-reactive ketones (excluding diaryl/α,β-unsaturated/α-hetero) is 1. The van der Waals surface area contributed by atoms with Gasteiger partial charge in [0.15, 0.2) is 5.78 Å². The van der Waals surface area contributed by atoms with Crippen molar-refractivity contribution in [3.8, 4) is 5.75 Å². The quantitative estimate of drug-likeness (QED) is 0.579. The minimum absolute atomic E-state index is 0.149. The number of ether oxygens (including phenoxy) is 1. The van der Waals surface area contributed by atoms with Crippen molar-refractivity contribution >= 4 is 11.6 Å². The van der Waals surface area contributed by atoms with Crippen molar-refractivity contribution in [2.24, 2.45) is 0 Å². The van der Waals surface area contributed by atoms with Crippen LogP contribution in [0.3, 0.4) is 0 Å². The SMILES string of the molecule is O=C1C[C@@H](c2ccco2)CC2=C1[C@@H](c1ccc(OC(F)(F)F)cc1)c1c([nH][nH]c1=O)N2. The van der Waals surface area contributed by atoms with Crippen molar-refractivity contribution in [3.63, 3.8) is 0 Å². The summed E-state index contributed by atoms with van der Waals surface area (Å²) in [5, 5.41) is 8.43. The third kappa shape index (κ3) is 3.43. The molecule has 1 aliphatic heterocycles. The second-order valence-electron chi connectivity index (χ2n) is 7.48. The first-order valence-corrected chi connectivity index (χ1v) is 9.53. The summed E-state index contributed by atoms with van der Waals surface area (Å²) in [5.74, 6) is -0.273.